The van der Waals surface area contributed by atoms with Crippen molar-refractivity contribution < 1.29 is 8.42 Å². The molecule has 1 unspecified atom stereocenters. The van der Waals surface area contributed by atoms with Crippen molar-refractivity contribution in [1.29, 1.82) is 0 Å². The van der Waals surface area contributed by atoms with Crippen molar-refractivity contribution in [2.45, 2.75) is 31.0 Å². The number of primary sulfonamides is 1. The fourth-order valence-corrected chi connectivity index (χ4v) is 3.32. The Balaban J connectivity index is 1.67. The van der Waals surface area contributed by atoms with Gasteiger partial charge in [-0.15, -0.1) is 0 Å². The highest BCUT2D eigenvalue weighted by Gasteiger charge is 2.12. The average Bonchev–Trinajstić information content (AvgIpc) is 3.07. The second kappa shape index (κ2) is 7.82. The van der Waals surface area contributed by atoms with E-state index in [-0.39, 0.29) is 10.9 Å². The van der Waals surface area contributed by atoms with Crippen LogP contribution in [-0.2, 0) is 23.1 Å². The van der Waals surface area contributed by atoms with Crippen molar-refractivity contribution in [3.05, 3.63) is 83.9 Å². The van der Waals surface area contributed by atoms with Gasteiger partial charge in [-0.25, -0.2) is 18.5 Å². The van der Waals surface area contributed by atoms with E-state index in [0.717, 1.165) is 17.9 Å². The minimum absolute atomic E-state index is 0.0430. The molecule has 3 N–H and O–H groups in total. The SMILES string of the molecule is CC(NCc1nccn1Cc1ccccc1)c1cccc(S(N)(=O)=O)c1. The van der Waals surface area contributed by atoms with Crippen LogP contribution >= 0.6 is 0 Å². The Bertz CT molecular complexity index is 968. The Labute approximate surface area is 153 Å². The number of sulfonamides is 1. The molecule has 1 heterocycles. The topological polar surface area (TPSA) is 90.0 Å². The summed E-state index contributed by atoms with van der Waals surface area (Å²) < 4.78 is 25.1. The molecule has 26 heavy (non-hydrogen) atoms. The summed E-state index contributed by atoms with van der Waals surface area (Å²) in [4.78, 5) is 4.54. The highest BCUT2D eigenvalue weighted by molar-refractivity contribution is 7.89. The summed E-state index contributed by atoms with van der Waals surface area (Å²) in [6.45, 7) is 3.31. The first kappa shape index (κ1) is 18.3. The molecule has 3 rings (SSSR count). The van der Waals surface area contributed by atoms with E-state index in [0.29, 0.717) is 6.54 Å². The number of nitrogens with two attached hydrogens (primary N) is 1. The highest BCUT2D eigenvalue weighted by atomic mass is 32.2. The van der Waals surface area contributed by atoms with Gasteiger partial charge in [0, 0.05) is 25.0 Å². The molecule has 0 bridgehead atoms. The minimum atomic E-state index is -3.70. The van der Waals surface area contributed by atoms with Crippen molar-refractivity contribution in [3.8, 4) is 0 Å². The Hall–Kier alpha value is -2.48. The molecule has 0 saturated carbocycles. The molecular formula is C19H22N4O2S. The first-order chi connectivity index (χ1) is 12.4. The maximum Gasteiger partial charge on any atom is 0.238 e. The number of rotatable bonds is 7. The van der Waals surface area contributed by atoms with Crippen LogP contribution in [0.5, 0.6) is 0 Å². The number of nitrogens with zero attached hydrogens (tertiary/aromatic N) is 2. The molecule has 0 aliphatic heterocycles. The molecule has 6 nitrogen and oxygen atoms in total. The quantitative estimate of drug-likeness (QED) is 0.668. The molecule has 1 aromatic heterocycles. The van der Waals surface area contributed by atoms with Gasteiger partial charge in [-0.05, 0) is 30.2 Å². The lowest BCUT2D eigenvalue weighted by Gasteiger charge is -2.16. The molecule has 2 aromatic carbocycles. The molecule has 0 amide bonds. The molecule has 0 radical (unpaired) electrons. The van der Waals surface area contributed by atoms with E-state index >= 15 is 0 Å². The zero-order chi connectivity index (χ0) is 18.6. The van der Waals surface area contributed by atoms with E-state index in [4.69, 9.17) is 5.14 Å². The maximum atomic E-state index is 11.5. The maximum absolute atomic E-state index is 11.5. The summed E-state index contributed by atoms with van der Waals surface area (Å²) >= 11 is 0. The van der Waals surface area contributed by atoms with Gasteiger partial charge in [0.1, 0.15) is 5.82 Å². The lowest BCUT2D eigenvalue weighted by Crippen LogP contribution is -2.21. The molecular weight excluding hydrogens is 348 g/mol. The number of hydrogen-bond donors (Lipinski definition) is 2. The molecule has 3 aromatic rings. The van der Waals surface area contributed by atoms with Gasteiger partial charge in [-0.3, -0.25) is 0 Å². The second-order valence-corrected chi connectivity index (χ2v) is 7.74. The van der Waals surface area contributed by atoms with Crippen LogP contribution in [0.1, 0.15) is 29.9 Å². The summed E-state index contributed by atoms with van der Waals surface area (Å²) in [6.07, 6.45) is 3.74. The van der Waals surface area contributed by atoms with Crippen molar-refractivity contribution in [1.82, 2.24) is 14.9 Å². The largest absolute Gasteiger partial charge is 0.329 e. The van der Waals surface area contributed by atoms with E-state index in [1.54, 1.807) is 18.3 Å². The van der Waals surface area contributed by atoms with Gasteiger partial charge in [-0.2, -0.15) is 0 Å². The predicted octanol–water partition coefficient (Wildman–Crippen LogP) is 2.43. The fourth-order valence-electron chi connectivity index (χ4n) is 2.75. The van der Waals surface area contributed by atoms with Gasteiger partial charge in [0.2, 0.25) is 10.0 Å². The van der Waals surface area contributed by atoms with E-state index in [9.17, 15) is 8.42 Å². The number of imidazole rings is 1. The van der Waals surface area contributed by atoms with Gasteiger partial charge < -0.3 is 9.88 Å². The molecule has 0 aliphatic rings. The monoisotopic (exact) mass is 370 g/mol. The standard InChI is InChI=1S/C19H22N4O2S/c1-15(17-8-5-9-18(12-17)26(20,24)25)22-13-19-21-10-11-23(19)14-16-6-3-2-4-7-16/h2-12,15,22H,13-14H2,1H3,(H2,20,24,25). The third-order valence-corrected chi connectivity index (χ3v) is 5.16. The summed E-state index contributed by atoms with van der Waals surface area (Å²) in [5, 5.41) is 8.60. The van der Waals surface area contributed by atoms with Crippen LogP contribution in [0.2, 0.25) is 0 Å². The molecule has 7 heteroatoms. The van der Waals surface area contributed by atoms with Crippen LogP contribution < -0.4 is 10.5 Å². The van der Waals surface area contributed by atoms with Crippen molar-refractivity contribution in [3.63, 3.8) is 0 Å². The lowest BCUT2D eigenvalue weighted by atomic mass is 10.1. The van der Waals surface area contributed by atoms with Crippen LogP contribution in [0.4, 0.5) is 0 Å². The van der Waals surface area contributed by atoms with Gasteiger partial charge in [0.25, 0.3) is 0 Å². The summed E-state index contributed by atoms with van der Waals surface area (Å²) in [6, 6.07) is 16.8. The molecule has 1 atom stereocenters. The number of nitrogens with one attached hydrogen (secondary N) is 1. The van der Waals surface area contributed by atoms with Crippen molar-refractivity contribution in [2.75, 3.05) is 0 Å². The first-order valence-electron chi connectivity index (χ1n) is 8.33. The smallest absolute Gasteiger partial charge is 0.238 e. The molecule has 0 saturated heterocycles. The Morgan fingerprint density at radius 3 is 2.65 bits per heavy atom. The van der Waals surface area contributed by atoms with Crippen LogP contribution in [0.25, 0.3) is 0 Å². The van der Waals surface area contributed by atoms with E-state index in [1.807, 2.05) is 37.4 Å². The predicted molar refractivity (Wildman–Crippen MR) is 101 cm³/mol. The second-order valence-electron chi connectivity index (χ2n) is 6.18. The zero-order valence-electron chi connectivity index (χ0n) is 14.5. The van der Waals surface area contributed by atoms with Crippen LogP contribution in [0, 0.1) is 0 Å². The van der Waals surface area contributed by atoms with Crippen molar-refractivity contribution >= 4 is 10.0 Å². The van der Waals surface area contributed by atoms with Crippen LogP contribution in [-0.4, -0.2) is 18.0 Å². The lowest BCUT2D eigenvalue weighted by molar-refractivity contribution is 0.542. The normalized spacial score (nSPS) is 12.8. The summed E-state index contributed by atoms with van der Waals surface area (Å²) in [5.41, 5.74) is 2.07. The van der Waals surface area contributed by atoms with Gasteiger partial charge in [0.05, 0.1) is 11.4 Å². The zero-order valence-corrected chi connectivity index (χ0v) is 15.4. The van der Waals surface area contributed by atoms with E-state index in [1.165, 1.54) is 11.6 Å². The Kier molecular flexibility index (Phi) is 5.51. The van der Waals surface area contributed by atoms with E-state index < -0.39 is 10.0 Å². The van der Waals surface area contributed by atoms with Crippen LogP contribution in [0.3, 0.4) is 0 Å². The number of aromatic nitrogens is 2. The third kappa shape index (κ3) is 4.57. The minimum Gasteiger partial charge on any atom is -0.329 e. The van der Waals surface area contributed by atoms with E-state index in [2.05, 4.69) is 27.0 Å². The van der Waals surface area contributed by atoms with Gasteiger partial charge in [0.15, 0.2) is 0 Å². The van der Waals surface area contributed by atoms with Crippen molar-refractivity contribution in [2.24, 2.45) is 5.14 Å². The first-order valence-corrected chi connectivity index (χ1v) is 9.88. The third-order valence-electron chi connectivity index (χ3n) is 4.25. The highest BCUT2D eigenvalue weighted by Crippen LogP contribution is 2.17. The van der Waals surface area contributed by atoms with Gasteiger partial charge in [-0.1, -0.05) is 42.5 Å². The summed E-state index contributed by atoms with van der Waals surface area (Å²) in [5.74, 6) is 0.920. The summed E-state index contributed by atoms with van der Waals surface area (Å²) in [7, 11) is -3.70. The number of benzene rings is 2. The number of hydrogen-bond acceptors (Lipinski definition) is 4. The molecule has 0 aliphatic carbocycles. The molecule has 0 spiro atoms. The Morgan fingerprint density at radius 2 is 1.92 bits per heavy atom. The molecule has 0 fully saturated rings. The molecule has 136 valence electrons. The Morgan fingerprint density at radius 1 is 1.15 bits per heavy atom. The fraction of sp³-hybridized carbons (Fsp3) is 0.211. The van der Waals surface area contributed by atoms with Crippen LogP contribution in [0.15, 0.2) is 71.9 Å². The average molecular weight is 370 g/mol. The van der Waals surface area contributed by atoms with Gasteiger partial charge >= 0.3 is 0 Å².